The molecule has 7 heteroatoms. The number of carbonyl (C=O) groups is 2. The standard InChI is InChI=1S/C23H27N3O3S/c27-20(16-5-4-6-16)25-22-24-18-9-12-26(15-19(18)30-22)21(28)23(10-13-29-14-11-23)17-7-2-1-3-8-17/h1-3,7-8,16H,4-6,9-15H2,(H,24,25,27). The first-order chi connectivity index (χ1) is 14.7. The van der Waals surface area contributed by atoms with Gasteiger partial charge in [-0.2, -0.15) is 0 Å². The molecule has 2 amide bonds. The van der Waals surface area contributed by atoms with Crippen molar-refractivity contribution < 1.29 is 14.3 Å². The van der Waals surface area contributed by atoms with Crippen molar-refractivity contribution in [3.05, 3.63) is 46.5 Å². The molecular formula is C23H27N3O3S. The quantitative estimate of drug-likeness (QED) is 0.814. The van der Waals surface area contributed by atoms with Crippen LogP contribution in [0, 0.1) is 5.92 Å². The molecule has 0 atom stereocenters. The van der Waals surface area contributed by atoms with Gasteiger partial charge in [0.1, 0.15) is 0 Å². The molecule has 5 rings (SSSR count). The zero-order valence-corrected chi connectivity index (χ0v) is 17.9. The topological polar surface area (TPSA) is 71.5 Å². The fourth-order valence-electron chi connectivity index (χ4n) is 4.71. The normalized spacial score (nSPS) is 20.9. The summed E-state index contributed by atoms with van der Waals surface area (Å²) in [4.78, 5) is 33.8. The summed E-state index contributed by atoms with van der Waals surface area (Å²) in [5.41, 5.74) is 1.60. The highest BCUT2D eigenvalue weighted by atomic mass is 32.1. The molecule has 2 fully saturated rings. The lowest BCUT2D eigenvalue weighted by molar-refractivity contribution is -0.142. The van der Waals surface area contributed by atoms with E-state index in [2.05, 4.69) is 22.4 Å². The van der Waals surface area contributed by atoms with Gasteiger partial charge in [0.05, 0.1) is 17.7 Å². The van der Waals surface area contributed by atoms with Crippen molar-refractivity contribution >= 4 is 28.3 Å². The number of hydrogen-bond donors (Lipinski definition) is 1. The van der Waals surface area contributed by atoms with Crippen molar-refractivity contribution in [2.45, 2.75) is 50.5 Å². The summed E-state index contributed by atoms with van der Waals surface area (Å²) in [7, 11) is 0. The van der Waals surface area contributed by atoms with Gasteiger partial charge in [-0.3, -0.25) is 9.59 Å². The number of fused-ring (bicyclic) bond motifs is 1. The minimum Gasteiger partial charge on any atom is -0.381 e. The molecule has 1 aliphatic carbocycles. The lowest BCUT2D eigenvalue weighted by Crippen LogP contribution is -2.51. The first-order valence-electron chi connectivity index (χ1n) is 10.9. The van der Waals surface area contributed by atoms with E-state index < -0.39 is 5.41 Å². The monoisotopic (exact) mass is 425 g/mol. The number of ether oxygens (including phenoxy) is 1. The number of amides is 2. The maximum atomic E-state index is 13.8. The second-order valence-corrected chi connectivity index (χ2v) is 9.63. The number of aromatic nitrogens is 1. The molecule has 158 valence electrons. The van der Waals surface area contributed by atoms with Gasteiger partial charge < -0.3 is 15.0 Å². The van der Waals surface area contributed by atoms with E-state index in [1.807, 2.05) is 23.1 Å². The molecule has 0 spiro atoms. The Balaban J connectivity index is 1.34. The number of rotatable bonds is 4. The van der Waals surface area contributed by atoms with E-state index in [0.717, 1.165) is 41.8 Å². The number of hydrogen-bond acceptors (Lipinski definition) is 5. The van der Waals surface area contributed by atoms with Crippen LogP contribution in [0.15, 0.2) is 30.3 Å². The van der Waals surface area contributed by atoms with E-state index in [9.17, 15) is 9.59 Å². The molecule has 0 radical (unpaired) electrons. The van der Waals surface area contributed by atoms with Crippen LogP contribution in [-0.2, 0) is 32.7 Å². The maximum absolute atomic E-state index is 13.8. The number of benzene rings is 1. The summed E-state index contributed by atoms with van der Waals surface area (Å²) >= 11 is 1.52. The Kier molecular flexibility index (Phi) is 5.33. The summed E-state index contributed by atoms with van der Waals surface area (Å²) in [6.45, 7) is 2.46. The Morgan fingerprint density at radius 3 is 2.63 bits per heavy atom. The third kappa shape index (κ3) is 3.54. The third-order valence-electron chi connectivity index (χ3n) is 6.81. The molecule has 3 heterocycles. The minimum atomic E-state index is -0.511. The fourth-order valence-corrected chi connectivity index (χ4v) is 5.73. The molecule has 0 bridgehead atoms. The minimum absolute atomic E-state index is 0.0884. The largest absolute Gasteiger partial charge is 0.381 e. The predicted molar refractivity (Wildman–Crippen MR) is 115 cm³/mol. The number of anilines is 1. The van der Waals surface area contributed by atoms with Crippen LogP contribution in [0.5, 0.6) is 0 Å². The molecule has 1 saturated heterocycles. The molecule has 2 aromatic rings. The van der Waals surface area contributed by atoms with Crippen LogP contribution in [0.3, 0.4) is 0 Å². The van der Waals surface area contributed by atoms with E-state index in [-0.39, 0.29) is 17.7 Å². The number of nitrogens with zero attached hydrogens (tertiary/aromatic N) is 2. The lowest BCUT2D eigenvalue weighted by Gasteiger charge is -2.41. The second-order valence-electron chi connectivity index (χ2n) is 8.54. The van der Waals surface area contributed by atoms with Gasteiger partial charge in [-0.1, -0.05) is 48.1 Å². The second kappa shape index (κ2) is 8.12. The maximum Gasteiger partial charge on any atom is 0.233 e. The van der Waals surface area contributed by atoms with Crippen molar-refractivity contribution in [3.63, 3.8) is 0 Å². The Morgan fingerprint density at radius 2 is 1.93 bits per heavy atom. The van der Waals surface area contributed by atoms with Crippen molar-refractivity contribution in [2.75, 3.05) is 25.1 Å². The summed E-state index contributed by atoms with van der Waals surface area (Å²) in [5, 5.41) is 3.67. The number of carbonyl (C=O) groups excluding carboxylic acids is 2. The van der Waals surface area contributed by atoms with Crippen LogP contribution in [-0.4, -0.2) is 41.5 Å². The smallest absolute Gasteiger partial charge is 0.233 e. The molecule has 3 aliphatic rings. The van der Waals surface area contributed by atoms with Crippen molar-refractivity contribution in [3.8, 4) is 0 Å². The zero-order chi connectivity index (χ0) is 20.6. The van der Waals surface area contributed by atoms with Crippen molar-refractivity contribution in [1.29, 1.82) is 0 Å². The molecule has 1 saturated carbocycles. The van der Waals surface area contributed by atoms with Crippen LogP contribution in [0.1, 0.15) is 48.2 Å². The first kappa shape index (κ1) is 19.7. The highest BCUT2D eigenvalue weighted by molar-refractivity contribution is 7.15. The highest BCUT2D eigenvalue weighted by Crippen LogP contribution is 2.39. The fraction of sp³-hybridized carbons (Fsp3) is 0.522. The Hall–Kier alpha value is -2.25. The lowest BCUT2D eigenvalue weighted by atomic mass is 9.73. The van der Waals surface area contributed by atoms with E-state index in [4.69, 9.17) is 4.74 Å². The number of thiazole rings is 1. The molecule has 6 nitrogen and oxygen atoms in total. The van der Waals surface area contributed by atoms with Gasteiger partial charge >= 0.3 is 0 Å². The van der Waals surface area contributed by atoms with Crippen LogP contribution in [0.2, 0.25) is 0 Å². The number of nitrogens with one attached hydrogen (secondary N) is 1. The van der Waals surface area contributed by atoms with E-state index in [1.165, 1.54) is 11.3 Å². The van der Waals surface area contributed by atoms with Crippen LogP contribution in [0.25, 0.3) is 0 Å². The van der Waals surface area contributed by atoms with E-state index in [1.54, 1.807) is 0 Å². The molecule has 1 aromatic heterocycles. The van der Waals surface area contributed by atoms with Gasteiger partial charge in [0, 0.05) is 37.0 Å². The average Bonchev–Trinajstić information content (AvgIpc) is 3.14. The van der Waals surface area contributed by atoms with E-state index in [0.29, 0.717) is 44.3 Å². The zero-order valence-electron chi connectivity index (χ0n) is 17.1. The van der Waals surface area contributed by atoms with Crippen LogP contribution >= 0.6 is 11.3 Å². The Morgan fingerprint density at radius 1 is 1.17 bits per heavy atom. The highest BCUT2D eigenvalue weighted by Gasteiger charge is 2.44. The van der Waals surface area contributed by atoms with Crippen LogP contribution < -0.4 is 5.32 Å². The van der Waals surface area contributed by atoms with Gasteiger partial charge in [0.2, 0.25) is 11.8 Å². The summed E-state index contributed by atoms with van der Waals surface area (Å²) in [6.07, 6.45) is 5.25. The summed E-state index contributed by atoms with van der Waals surface area (Å²) < 4.78 is 5.59. The van der Waals surface area contributed by atoms with Crippen LogP contribution in [0.4, 0.5) is 5.13 Å². The third-order valence-corrected chi connectivity index (χ3v) is 7.80. The van der Waals surface area contributed by atoms with E-state index >= 15 is 0 Å². The Bertz CT molecular complexity index is 932. The molecule has 2 aliphatic heterocycles. The summed E-state index contributed by atoms with van der Waals surface area (Å²) in [6, 6.07) is 10.1. The Labute approximate surface area is 180 Å². The average molecular weight is 426 g/mol. The molecule has 1 aromatic carbocycles. The van der Waals surface area contributed by atoms with Gasteiger partial charge in [0.25, 0.3) is 0 Å². The molecule has 1 N–H and O–H groups in total. The summed E-state index contributed by atoms with van der Waals surface area (Å²) in [5.74, 6) is 0.421. The van der Waals surface area contributed by atoms with Gasteiger partial charge in [-0.25, -0.2) is 4.98 Å². The molecule has 0 unspecified atom stereocenters. The molecule has 30 heavy (non-hydrogen) atoms. The van der Waals surface area contributed by atoms with Gasteiger partial charge in [0.15, 0.2) is 5.13 Å². The predicted octanol–water partition coefficient (Wildman–Crippen LogP) is 3.51. The first-order valence-corrected chi connectivity index (χ1v) is 11.7. The van der Waals surface area contributed by atoms with Gasteiger partial charge in [-0.15, -0.1) is 0 Å². The van der Waals surface area contributed by atoms with Crippen molar-refractivity contribution in [2.24, 2.45) is 5.92 Å². The SMILES string of the molecule is O=C(Nc1nc2c(s1)CN(C(=O)C1(c3ccccc3)CCOCC1)CC2)C1CCC1. The molecular weight excluding hydrogens is 398 g/mol. The van der Waals surface area contributed by atoms with Gasteiger partial charge in [-0.05, 0) is 31.2 Å². The van der Waals surface area contributed by atoms with Crippen molar-refractivity contribution in [1.82, 2.24) is 9.88 Å².